The lowest BCUT2D eigenvalue weighted by Gasteiger charge is -2.03. The van der Waals surface area contributed by atoms with Crippen LogP contribution in [-0.2, 0) is 9.47 Å². The maximum absolute atomic E-state index is 11.6. The summed E-state index contributed by atoms with van der Waals surface area (Å²) >= 11 is 0. The van der Waals surface area contributed by atoms with Gasteiger partial charge < -0.3 is 9.47 Å². The second-order valence-corrected chi connectivity index (χ2v) is 3.30. The second kappa shape index (κ2) is 4.76. The number of carbonyl (C=O) groups excluding carboxylic acids is 1. The fraction of sp³-hybridized carbons (Fsp3) is 0.273. The SMILES string of the molecule is COCCOC(=O)c1ccc2cn[nH]c2c1. The number of nitrogens with one attached hydrogen (secondary N) is 1. The van der Waals surface area contributed by atoms with Gasteiger partial charge in [0.2, 0.25) is 0 Å². The van der Waals surface area contributed by atoms with Crippen LogP contribution in [0, 0.1) is 0 Å². The van der Waals surface area contributed by atoms with E-state index in [1.807, 2.05) is 6.07 Å². The Morgan fingerprint density at radius 2 is 2.31 bits per heavy atom. The lowest BCUT2D eigenvalue weighted by molar-refractivity contribution is 0.0388. The number of esters is 1. The smallest absolute Gasteiger partial charge is 0.338 e. The van der Waals surface area contributed by atoms with Crippen LogP contribution in [-0.4, -0.2) is 36.5 Å². The number of hydrogen-bond acceptors (Lipinski definition) is 4. The Labute approximate surface area is 92.4 Å². The molecule has 16 heavy (non-hydrogen) atoms. The average Bonchev–Trinajstić information content (AvgIpc) is 2.76. The molecule has 0 aliphatic carbocycles. The molecule has 1 aromatic heterocycles. The fourth-order valence-electron chi connectivity index (χ4n) is 1.37. The molecule has 0 bridgehead atoms. The van der Waals surface area contributed by atoms with E-state index in [0.29, 0.717) is 12.2 Å². The van der Waals surface area contributed by atoms with Crippen molar-refractivity contribution in [2.45, 2.75) is 0 Å². The van der Waals surface area contributed by atoms with Gasteiger partial charge in [-0.2, -0.15) is 5.10 Å². The number of aromatic amines is 1. The zero-order valence-corrected chi connectivity index (χ0v) is 8.90. The molecule has 84 valence electrons. The molecule has 0 aliphatic heterocycles. The second-order valence-electron chi connectivity index (χ2n) is 3.30. The minimum atomic E-state index is -0.353. The van der Waals surface area contributed by atoms with Gasteiger partial charge in [0.05, 0.1) is 23.9 Å². The van der Waals surface area contributed by atoms with Gasteiger partial charge >= 0.3 is 5.97 Å². The predicted molar refractivity (Wildman–Crippen MR) is 58.3 cm³/mol. The molecule has 0 fully saturated rings. The molecule has 0 unspecified atom stereocenters. The molecule has 0 saturated carbocycles. The first kappa shape index (κ1) is 10.6. The third-order valence-corrected chi connectivity index (χ3v) is 2.20. The first-order valence-electron chi connectivity index (χ1n) is 4.90. The molecule has 1 heterocycles. The number of carbonyl (C=O) groups is 1. The Bertz CT molecular complexity index is 493. The van der Waals surface area contributed by atoms with Crippen molar-refractivity contribution in [3.8, 4) is 0 Å². The maximum Gasteiger partial charge on any atom is 0.338 e. The minimum absolute atomic E-state index is 0.260. The van der Waals surface area contributed by atoms with E-state index in [0.717, 1.165) is 10.9 Å². The standard InChI is InChI=1S/C11H12N2O3/c1-15-4-5-16-11(14)8-2-3-9-7-12-13-10(9)6-8/h2-3,6-7H,4-5H2,1H3,(H,12,13). The number of methoxy groups -OCH3 is 1. The van der Waals surface area contributed by atoms with Gasteiger partial charge in [0.25, 0.3) is 0 Å². The Morgan fingerprint density at radius 1 is 1.44 bits per heavy atom. The summed E-state index contributed by atoms with van der Waals surface area (Å²) in [6.45, 7) is 0.661. The molecular weight excluding hydrogens is 208 g/mol. The van der Waals surface area contributed by atoms with Gasteiger partial charge in [-0.25, -0.2) is 4.79 Å². The minimum Gasteiger partial charge on any atom is -0.460 e. The molecule has 2 rings (SSSR count). The highest BCUT2D eigenvalue weighted by Crippen LogP contribution is 2.13. The lowest BCUT2D eigenvalue weighted by Crippen LogP contribution is -2.09. The summed E-state index contributed by atoms with van der Waals surface area (Å²) in [6, 6.07) is 5.26. The number of H-pyrrole nitrogens is 1. The number of fused-ring (bicyclic) bond motifs is 1. The first-order chi connectivity index (χ1) is 7.81. The third-order valence-electron chi connectivity index (χ3n) is 2.20. The lowest BCUT2D eigenvalue weighted by atomic mass is 10.2. The highest BCUT2D eigenvalue weighted by molar-refractivity contribution is 5.94. The van der Waals surface area contributed by atoms with E-state index in [1.165, 1.54) is 0 Å². The highest BCUT2D eigenvalue weighted by atomic mass is 16.6. The van der Waals surface area contributed by atoms with Crippen molar-refractivity contribution in [2.24, 2.45) is 0 Å². The fourth-order valence-corrected chi connectivity index (χ4v) is 1.37. The number of hydrogen-bond donors (Lipinski definition) is 1. The van der Waals surface area contributed by atoms with E-state index in [9.17, 15) is 4.79 Å². The molecule has 5 nitrogen and oxygen atoms in total. The first-order valence-corrected chi connectivity index (χ1v) is 4.90. The number of benzene rings is 1. The number of nitrogens with zero attached hydrogens (tertiary/aromatic N) is 1. The molecule has 0 saturated heterocycles. The van der Waals surface area contributed by atoms with Gasteiger partial charge in [0, 0.05) is 12.5 Å². The van der Waals surface area contributed by atoms with Crippen LogP contribution < -0.4 is 0 Å². The van der Waals surface area contributed by atoms with Crippen LogP contribution in [0.15, 0.2) is 24.4 Å². The van der Waals surface area contributed by atoms with E-state index in [1.54, 1.807) is 25.4 Å². The van der Waals surface area contributed by atoms with Crippen LogP contribution >= 0.6 is 0 Å². The third kappa shape index (κ3) is 2.20. The van der Waals surface area contributed by atoms with E-state index in [4.69, 9.17) is 9.47 Å². The Kier molecular flexibility index (Phi) is 3.16. The van der Waals surface area contributed by atoms with Gasteiger partial charge in [0.1, 0.15) is 6.61 Å². The van der Waals surface area contributed by atoms with Crippen LogP contribution in [0.2, 0.25) is 0 Å². The summed E-state index contributed by atoms with van der Waals surface area (Å²) in [4.78, 5) is 11.6. The van der Waals surface area contributed by atoms with Gasteiger partial charge in [0.15, 0.2) is 0 Å². The summed E-state index contributed by atoms with van der Waals surface area (Å²) in [7, 11) is 1.56. The number of rotatable bonds is 4. The topological polar surface area (TPSA) is 64.2 Å². The molecule has 1 aromatic carbocycles. The Hall–Kier alpha value is -1.88. The average molecular weight is 220 g/mol. The van der Waals surface area contributed by atoms with Crippen LogP contribution in [0.4, 0.5) is 0 Å². The molecule has 2 aromatic rings. The predicted octanol–water partition coefficient (Wildman–Crippen LogP) is 1.37. The van der Waals surface area contributed by atoms with E-state index in [-0.39, 0.29) is 12.6 Å². The Morgan fingerprint density at radius 3 is 3.12 bits per heavy atom. The van der Waals surface area contributed by atoms with Crippen LogP contribution in [0.1, 0.15) is 10.4 Å². The normalized spacial score (nSPS) is 10.6. The van der Waals surface area contributed by atoms with Crippen molar-refractivity contribution in [1.82, 2.24) is 10.2 Å². The monoisotopic (exact) mass is 220 g/mol. The van der Waals surface area contributed by atoms with Gasteiger partial charge in [-0.05, 0) is 12.1 Å². The molecule has 0 spiro atoms. The quantitative estimate of drug-likeness (QED) is 0.624. The summed E-state index contributed by atoms with van der Waals surface area (Å²) < 4.78 is 9.79. The summed E-state index contributed by atoms with van der Waals surface area (Å²) in [5, 5.41) is 7.65. The van der Waals surface area contributed by atoms with Crippen molar-refractivity contribution >= 4 is 16.9 Å². The van der Waals surface area contributed by atoms with Crippen molar-refractivity contribution in [3.05, 3.63) is 30.0 Å². The van der Waals surface area contributed by atoms with Crippen LogP contribution in [0.5, 0.6) is 0 Å². The largest absolute Gasteiger partial charge is 0.460 e. The number of ether oxygens (including phenoxy) is 2. The van der Waals surface area contributed by atoms with Crippen LogP contribution in [0.25, 0.3) is 10.9 Å². The van der Waals surface area contributed by atoms with Gasteiger partial charge in [-0.3, -0.25) is 5.10 Å². The molecule has 0 radical (unpaired) electrons. The van der Waals surface area contributed by atoms with E-state index < -0.39 is 0 Å². The molecule has 0 atom stereocenters. The zero-order chi connectivity index (χ0) is 11.4. The molecule has 5 heteroatoms. The van der Waals surface area contributed by atoms with Crippen molar-refractivity contribution in [2.75, 3.05) is 20.3 Å². The number of aromatic nitrogens is 2. The molecule has 0 aliphatic rings. The zero-order valence-electron chi connectivity index (χ0n) is 8.90. The summed E-state index contributed by atoms with van der Waals surface area (Å²) in [5.41, 5.74) is 1.33. The van der Waals surface area contributed by atoms with Crippen LogP contribution in [0.3, 0.4) is 0 Å². The molecular formula is C11H12N2O3. The summed E-state index contributed by atoms with van der Waals surface area (Å²) in [6.07, 6.45) is 1.70. The molecule has 1 N–H and O–H groups in total. The van der Waals surface area contributed by atoms with Gasteiger partial charge in [-0.1, -0.05) is 6.07 Å². The van der Waals surface area contributed by atoms with Crippen molar-refractivity contribution in [3.63, 3.8) is 0 Å². The summed E-state index contributed by atoms with van der Waals surface area (Å²) in [5.74, 6) is -0.353. The van der Waals surface area contributed by atoms with Crippen molar-refractivity contribution < 1.29 is 14.3 Å². The maximum atomic E-state index is 11.6. The molecule has 0 amide bonds. The van der Waals surface area contributed by atoms with E-state index in [2.05, 4.69) is 10.2 Å². The Balaban J connectivity index is 2.10. The van der Waals surface area contributed by atoms with Crippen molar-refractivity contribution in [1.29, 1.82) is 0 Å². The van der Waals surface area contributed by atoms with E-state index >= 15 is 0 Å². The van der Waals surface area contributed by atoms with Gasteiger partial charge in [-0.15, -0.1) is 0 Å². The highest BCUT2D eigenvalue weighted by Gasteiger charge is 2.08.